The summed E-state index contributed by atoms with van der Waals surface area (Å²) in [5, 5.41) is 2.36. The van der Waals surface area contributed by atoms with Crippen LogP contribution in [0.25, 0.3) is 76.1 Å². The van der Waals surface area contributed by atoms with Crippen molar-refractivity contribution in [3.8, 4) is 44.8 Å². The van der Waals surface area contributed by atoms with Crippen LogP contribution < -0.4 is 4.90 Å². The summed E-state index contributed by atoms with van der Waals surface area (Å²) in [6.07, 6.45) is 0. The van der Waals surface area contributed by atoms with Crippen molar-refractivity contribution in [2.75, 3.05) is 4.90 Å². The van der Waals surface area contributed by atoms with Crippen molar-refractivity contribution < 1.29 is 4.42 Å². The summed E-state index contributed by atoms with van der Waals surface area (Å²) < 4.78 is 8.68. The number of benzene rings is 8. The normalized spacial score (nSPS) is 11.4. The van der Waals surface area contributed by atoms with Gasteiger partial charge in [0.1, 0.15) is 5.52 Å². The quantitative estimate of drug-likeness (QED) is 0.166. The van der Waals surface area contributed by atoms with E-state index in [4.69, 9.17) is 9.40 Å². The Hall–Kier alpha value is -6.75. The summed E-state index contributed by atoms with van der Waals surface area (Å²) in [5.74, 6) is 0.635. The predicted octanol–water partition coefficient (Wildman–Crippen LogP) is 14.3. The zero-order chi connectivity index (χ0) is 35.1. The minimum absolute atomic E-state index is 0.635. The largest absolute Gasteiger partial charge is 0.436 e. The molecule has 0 aliphatic heterocycles. The van der Waals surface area contributed by atoms with Gasteiger partial charge in [0.05, 0.1) is 11.4 Å². The average Bonchev–Trinajstić information content (AvgIpc) is 3.82. The Balaban J connectivity index is 1.13. The van der Waals surface area contributed by atoms with Crippen LogP contribution in [0.3, 0.4) is 0 Å². The summed E-state index contributed by atoms with van der Waals surface area (Å²) >= 11 is 1.79. The second-order valence-corrected chi connectivity index (χ2v) is 14.2. The van der Waals surface area contributed by atoms with Gasteiger partial charge in [-0.1, -0.05) is 140 Å². The van der Waals surface area contributed by atoms with Crippen molar-refractivity contribution in [2.45, 2.75) is 0 Å². The molecule has 0 unspecified atom stereocenters. The van der Waals surface area contributed by atoms with Crippen LogP contribution in [0, 0.1) is 0 Å². The van der Waals surface area contributed by atoms with Crippen LogP contribution in [0.4, 0.5) is 17.1 Å². The van der Waals surface area contributed by atoms with E-state index in [-0.39, 0.29) is 0 Å². The van der Waals surface area contributed by atoms with Crippen molar-refractivity contribution in [3.05, 3.63) is 194 Å². The monoisotopic (exact) mass is 696 g/mol. The summed E-state index contributed by atoms with van der Waals surface area (Å²) in [4.78, 5) is 7.37. The van der Waals surface area contributed by atoms with Crippen molar-refractivity contribution in [3.63, 3.8) is 0 Å². The lowest BCUT2D eigenvalue weighted by atomic mass is 9.99. The Morgan fingerprint density at radius 3 is 1.66 bits per heavy atom. The molecule has 2 aromatic heterocycles. The van der Waals surface area contributed by atoms with Crippen LogP contribution >= 0.6 is 11.3 Å². The Kier molecular flexibility index (Phi) is 7.67. The molecule has 2 heterocycles. The molecule has 0 aliphatic carbocycles. The molecule has 4 heteroatoms. The van der Waals surface area contributed by atoms with Gasteiger partial charge in [-0.05, 0) is 76.3 Å². The highest BCUT2D eigenvalue weighted by molar-refractivity contribution is 7.26. The zero-order valence-corrected chi connectivity index (χ0v) is 29.5. The Labute approximate surface area is 311 Å². The molecule has 3 nitrogen and oxygen atoms in total. The molecule has 0 aliphatic rings. The van der Waals surface area contributed by atoms with Crippen LogP contribution in [0.5, 0.6) is 0 Å². The van der Waals surface area contributed by atoms with Crippen molar-refractivity contribution in [1.29, 1.82) is 0 Å². The molecular formula is C49H32N2OS. The first-order valence-corrected chi connectivity index (χ1v) is 18.6. The first kappa shape index (κ1) is 31.0. The third-order valence-corrected chi connectivity index (χ3v) is 11.0. The van der Waals surface area contributed by atoms with Gasteiger partial charge in [-0.2, -0.15) is 0 Å². The molecule has 53 heavy (non-hydrogen) atoms. The summed E-state index contributed by atoms with van der Waals surface area (Å²) in [6.45, 7) is 0. The fraction of sp³-hybridized carbons (Fsp3) is 0. The Morgan fingerprint density at radius 2 is 0.981 bits per heavy atom. The fourth-order valence-electron chi connectivity index (χ4n) is 7.35. The van der Waals surface area contributed by atoms with Crippen LogP contribution in [0.1, 0.15) is 0 Å². The maximum Gasteiger partial charge on any atom is 0.227 e. The molecule has 0 bridgehead atoms. The maximum atomic E-state index is 6.30. The highest BCUT2D eigenvalue weighted by Gasteiger charge is 2.22. The lowest BCUT2D eigenvalue weighted by molar-refractivity contribution is 0.620. The average molecular weight is 697 g/mol. The number of hydrogen-bond donors (Lipinski definition) is 0. The molecule has 250 valence electrons. The first-order valence-electron chi connectivity index (χ1n) is 17.8. The van der Waals surface area contributed by atoms with Crippen molar-refractivity contribution in [2.24, 2.45) is 0 Å². The van der Waals surface area contributed by atoms with Crippen LogP contribution in [0.15, 0.2) is 199 Å². The van der Waals surface area contributed by atoms with E-state index in [0.717, 1.165) is 39.3 Å². The van der Waals surface area contributed by atoms with Crippen molar-refractivity contribution >= 4 is 59.7 Å². The number of nitrogens with zero attached hydrogens (tertiary/aromatic N) is 2. The number of thiophene rings is 1. The van der Waals surface area contributed by atoms with Crippen LogP contribution in [-0.4, -0.2) is 4.98 Å². The molecule has 10 aromatic rings. The van der Waals surface area contributed by atoms with Crippen molar-refractivity contribution in [1.82, 2.24) is 4.98 Å². The standard InChI is InChI=1S/C49H32N2OS/c1-4-13-33(14-5-1)34-23-25-35(26-24-34)36-27-29-39(30-28-36)51(43-20-11-10-19-40(43)37-15-6-2-7-16-37)44-21-12-22-46-48(44)41-31-42-45(32-47(41)53-46)52-49(50-42)38-17-8-3-9-18-38/h1-32H. The molecule has 10 rings (SSSR count). The predicted molar refractivity (Wildman–Crippen MR) is 223 cm³/mol. The molecule has 0 amide bonds. The van der Waals surface area contributed by atoms with E-state index in [9.17, 15) is 0 Å². The highest BCUT2D eigenvalue weighted by atomic mass is 32.1. The molecule has 0 saturated carbocycles. The van der Waals surface area contributed by atoms with Crippen LogP contribution in [0.2, 0.25) is 0 Å². The number of hydrogen-bond acceptors (Lipinski definition) is 4. The number of rotatable bonds is 7. The molecule has 0 spiro atoms. The van der Waals surface area contributed by atoms with Gasteiger partial charge in [-0.15, -0.1) is 11.3 Å². The Morgan fingerprint density at radius 1 is 0.434 bits per heavy atom. The smallest absolute Gasteiger partial charge is 0.227 e. The van der Waals surface area contributed by atoms with E-state index in [1.807, 2.05) is 30.3 Å². The van der Waals surface area contributed by atoms with Gasteiger partial charge >= 0.3 is 0 Å². The van der Waals surface area contributed by atoms with E-state index in [1.54, 1.807) is 11.3 Å². The van der Waals surface area contributed by atoms with Gasteiger partial charge in [0.2, 0.25) is 5.89 Å². The minimum Gasteiger partial charge on any atom is -0.436 e. The highest BCUT2D eigenvalue weighted by Crippen LogP contribution is 2.48. The second kappa shape index (κ2) is 13.1. The van der Waals surface area contributed by atoms with E-state index in [1.165, 1.54) is 48.0 Å². The molecular weight excluding hydrogens is 665 g/mol. The molecule has 8 aromatic carbocycles. The fourth-order valence-corrected chi connectivity index (χ4v) is 8.48. The summed E-state index contributed by atoms with van der Waals surface area (Å²) in [5.41, 5.74) is 13.0. The lowest BCUT2D eigenvalue weighted by Crippen LogP contribution is -2.11. The zero-order valence-electron chi connectivity index (χ0n) is 28.7. The lowest BCUT2D eigenvalue weighted by Gasteiger charge is -2.29. The summed E-state index contributed by atoms with van der Waals surface area (Å²) in [6, 6.07) is 68.8. The van der Waals surface area contributed by atoms with Gasteiger partial charge in [-0.3, -0.25) is 0 Å². The molecule has 0 saturated heterocycles. The second-order valence-electron chi connectivity index (χ2n) is 13.2. The van der Waals surface area contributed by atoms with E-state index < -0.39 is 0 Å². The minimum atomic E-state index is 0.635. The number of para-hydroxylation sites is 1. The molecule has 0 fully saturated rings. The summed E-state index contributed by atoms with van der Waals surface area (Å²) in [7, 11) is 0. The molecule has 0 N–H and O–H groups in total. The van der Waals surface area contributed by atoms with Gasteiger partial charge < -0.3 is 9.32 Å². The number of anilines is 3. The number of aromatic nitrogens is 1. The van der Waals surface area contributed by atoms with E-state index >= 15 is 0 Å². The van der Waals surface area contributed by atoms with E-state index in [0.29, 0.717) is 5.89 Å². The molecule has 0 radical (unpaired) electrons. The number of oxazole rings is 1. The van der Waals surface area contributed by atoms with Gasteiger partial charge in [0.15, 0.2) is 5.58 Å². The maximum absolute atomic E-state index is 6.30. The SMILES string of the molecule is c1ccc(-c2ccc(-c3ccc(N(c4ccccc4-c4ccccc4)c4cccc5sc6cc7oc(-c8ccccc8)nc7cc6c45)cc3)cc2)cc1. The van der Waals surface area contributed by atoms with Gasteiger partial charge in [-0.25, -0.2) is 4.98 Å². The van der Waals surface area contributed by atoms with E-state index in [2.05, 4.69) is 169 Å². The van der Waals surface area contributed by atoms with Gasteiger partial charge in [0, 0.05) is 43.1 Å². The Bertz CT molecular complexity index is 2860. The molecule has 0 atom stereocenters. The third-order valence-electron chi connectivity index (χ3n) is 9.93. The third kappa shape index (κ3) is 5.66. The topological polar surface area (TPSA) is 29.3 Å². The van der Waals surface area contributed by atoms with Crippen LogP contribution in [-0.2, 0) is 0 Å². The van der Waals surface area contributed by atoms with Gasteiger partial charge in [0.25, 0.3) is 0 Å². The first-order chi connectivity index (χ1) is 26.3. The number of fused-ring (bicyclic) bond motifs is 4.